The topological polar surface area (TPSA) is 533 Å². The zero-order chi connectivity index (χ0) is 54.3. The van der Waals surface area contributed by atoms with Crippen LogP contribution in [0.4, 0.5) is 22.1 Å². The number of hydrogen-bond donors (Lipinski definition) is 12. The van der Waals surface area contributed by atoms with E-state index in [1.165, 1.54) is 22.5 Å². The maximum Gasteiger partial charge on any atom is 0.488 e. The standard InChI is InChI=1S/C33H42FN15O22P4/c1-46-10-49(26-17(46)28(54)45-33(37)43-26)29-14(34)18(50)11(66-29)3-4-72(55,56)70-75(61,62)71-74(59,60)65-6-13-21(22(63-2)31(68-13)47-8-40-15-23(35)38-7-39-24(15)47)69-73(57,58)64-5-12-19(51)20(52)30(67-12)48-9-41-16-25(48)42-32(36)44-27(16)53/h3-4,7-14,18-22,29-31,50-52H,5-6H2,1-2H3,(H11-,35,36,37,38,39,42,43,44,45,53,54,55,56,57,58,59,60,61,62)/p+1/b4-3+/t11-,12-,13-,14+,18?,19?,20+,21?,22+,29-,30-,31-/m1/s1. The van der Waals surface area contributed by atoms with Crippen molar-refractivity contribution in [2.24, 2.45) is 7.05 Å². The molecule has 0 amide bonds. The number of imidazole rings is 3. The van der Waals surface area contributed by atoms with Gasteiger partial charge >= 0.3 is 36.7 Å². The summed E-state index contributed by atoms with van der Waals surface area (Å²) in [5.74, 6) is -0.574. The third-order valence-electron chi connectivity index (χ3n) is 11.5. The molecule has 9 heterocycles. The van der Waals surface area contributed by atoms with Crippen molar-refractivity contribution >= 4 is 82.3 Å². The van der Waals surface area contributed by atoms with E-state index < -0.39 is 129 Å². The average Bonchev–Trinajstić information content (AvgIpc) is 4.17. The van der Waals surface area contributed by atoms with Gasteiger partial charge in [0.15, 0.2) is 47.6 Å². The summed E-state index contributed by atoms with van der Waals surface area (Å²) < 4.78 is 120. The molecule has 0 aliphatic carbocycles. The number of H-pyrrole nitrogens is 2. The number of aryl methyl sites for hydroxylation is 1. The van der Waals surface area contributed by atoms with Gasteiger partial charge in [0.1, 0.15) is 60.7 Å². The van der Waals surface area contributed by atoms with E-state index in [1.807, 2.05) is 0 Å². The summed E-state index contributed by atoms with van der Waals surface area (Å²) in [5, 5.41) is 32.3. The zero-order valence-electron chi connectivity index (χ0n) is 37.9. The molecule has 3 aliphatic rings. The lowest BCUT2D eigenvalue weighted by Gasteiger charge is -2.26. The van der Waals surface area contributed by atoms with Crippen LogP contribution in [0.1, 0.15) is 18.7 Å². The van der Waals surface area contributed by atoms with E-state index in [-0.39, 0.29) is 57.0 Å². The summed E-state index contributed by atoms with van der Waals surface area (Å²) in [6.45, 7) is -2.24. The van der Waals surface area contributed by atoms with Crippen LogP contribution in [0.2, 0.25) is 0 Å². The maximum atomic E-state index is 15.4. The molecule has 75 heavy (non-hydrogen) atoms. The van der Waals surface area contributed by atoms with Crippen molar-refractivity contribution in [3.05, 3.63) is 57.9 Å². The van der Waals surface area contributed by atoms with Gasteiger partial charge in [-0.1, -0.05) is 4.98 Å². The number of aliphatic hydroxyl groups is 3. The molecule has 0 radical (unpaired) electrons. The first kappa shape index (κ1) is 54.4. The van der Waals surface area contributed by atoms with Crippen molar-refractivity contribution in [2.75, 3.05) is 37.5 Å². The minimum absolute atomic E-state index is 0.00621. The van der Waals surface area contributed by atoms with Crippen molar-refractivity contribution in [1.82, 2.24) is 53.6 Å². The molecule has 0 aromatic carbocycles. The molecule has 3 saturated heterocycles. The first-order chi connectivity index (χ1) is 35.2. The fourth-order valence-electron chi connectivity index (χ4n) is 8.28. The summed E-state index contributed by atoms with van der Waals surface area (Å²) in [6.07, 6.45) is -16.2. The molecule has 7 unspecified atom stereocenters. The summed E-state index contributed by atoms with van der Waals surface area (Å²) in [7, 11) is -20.6. The predicted octanol–water partition coefficient (Wildman–Crippen LogP) is -3.15. The van der Waals surface area contributed by atoms with Gasteiger partial charge in [-0.15, -0.1) is 0 Å². The fourth-order valence-corrected chi connectivity index (χ4v) is 13.0. The van der Waals surface area contributed by atoms with Gasteiger partial charge in [0.2, 0.25) is 17.7 Å². The smallest absolute Gasteiger partial charge is 0.387 e. The number of aliphatic hydroxyl groups excluding tert-OH is 3. The second-order valence-corrected chi connectivity index (χ2v) is 22.8. The lowest BCUT2D eigenvalue weighted by molar-refractivity contribution is -0.743. The third kappa shape index (κ3) is 10.8. The van der Waals surface area contributed by atoms with Crippen molar-refractivity contribution in [3.63, 3.8) is 0 Å². The number of fused-ring (bicyclic) bond motifs is 3. The van der Waals surface area contributed by atoms with E-state index in [4.69, 9.17) is 49.7 Å². The van der Waals surface area contributed by atoms with Crippen LogP contribution in [0, 0.1) is 0 Å². The maximum absolute atomic E-state index is 15.4. The zero-order valence-corrected chi connectivity index (χ0v) is 41.5. The van der Waals surface area contributed by atoms with Crippen LogP contribution in [0.3, 0.4) is 0 Å². The Balaban J connectivity index is 0.877. The molecule has 408 valence electrons. The molecule has 3 fully saturated rings. The SMILES string of the molecule is CO[C@H]1C(OP(=O)(O)OC[C@H]2O[C@@H](n3cnc4c(=O)[nH]c(N)nc43)[C@@H](O)C2O)[C@@H](COP(=O)(O)OP(=O)(O)OP(=O)(O)/C=C/[C@H]2O[C@@H]([n+]3cn(C)c4c(=O)[nH]c(N)nc43)[C@@H](F)C2O)O[C@H]1n1cnc2c(N)ncnc21. The lowest BCUT2D eigenvalue weighted by atomic mass is 10.1. The molecule has 0 bridgehead atoms. The van der Waals surface area contributed by atoms with Crippen LogP contribution in [-0.4, -0.2) is 164 Å². The van der Waals surface area contributed by atoms with E-state index in [9.17, 15) is 62.7 Å². The van der Waals surface area contributed by atoms with Crippen molar-refractivity contribution in [3.8, 4) is 0 Å². The van der Waals surface area contributed by atoms with Crippen molar-refractivity contribution < 1.29 is 103 Å². The summed E-state index contributed by atoms with van der Waals surface area (Å²) in [4.78, 5) is 95.6. The number of hydrogen-bond acceptors (Lipinski definition) is 27. The second kappa shape index (κ2) is 20.2. The van der Waals surface area contributed by atoms with E-state index in [1.54, 1.807) is 0 Å². The van der Waals surface area contributed by atoms with E-state index in [2.05, 4.69) is 48.5 Å². The molecule has 37 nitrogen and oxygen atoms in total. The highest BCUT2D eigenvalue weighted by Gasteiger charge is 2.53. The number of phosphoric acid groups is 3. The monoisotopic (exact) mass is 1140 g/mol. The number of anilines is 3. The third-order valence-corrected chi connectivity index (χ3v) is 16.9. The molecular weight excluding hydrogens is 1100 g/mol. The Morgan fingerprint density at radius 1 is 0.773 bits per heavy atom. The number of nitrogens with zero attached hydrogens (tertiary/aromatic N) is 10. The van der Waals surface area contributed by atoms with Gasteiger partial charge in [-0.25, -0.2) is 46.9 Å². The number of rotatable bonds is 18. The number of ether oxygens (including phenoxy) is 4. The van der Waals surface area contributed by atoms with Crippen LogP contribution in [0.15, 0.2) is 46.8 Å². The Labute approximate surface area is 414 Å². The average molecular weight is 1140 g/mol. The number of aromatic nitrogens is 12. The Hall–Kier alpha value is -5.40. The van der Waals surface area contributed by atoms with Crippen LogP contribution in [0.25, 0.3) is 33.5 Å². The van der Waals surface area contributed by atoms with Crippen LogP contribution in [-0.2, 0) is 66.4 Å². The summed E-state index contributed by atoms with van der Waals surface area (Å²) >= 11 is 0. The predicted molar refractivity (Wildman–Crippen MR) is 241 cm³/mol. The molecular formula is C33H43FN15O22P4+. The van der Waals surface area contributed by atoms with Crippen LogP contribution < -0.4 is 32.9 Å². The first-order valence-electron chi connectivity index (χ1n) is 21.2. The number of methoxy groups -OCH3 is 1. The van der Waals surface area contributed by atoms with E-state index in [0.717, 1.165) is 35.2 Å². The number of nitrogens with one attached hydrogen (secondary N) is 2. The van der Waals surface area contributed by atoms with Crippen molar-refractivity contribution in [1.29, 1.82) is 0 Å². The van der Waals surface area contributed by atoms with E-state index in [0.29, 0.717) is 6.08 Å². The molecule has 6 aromatic rings. The highest BCUT2D eigenvalue weighted by Crippen LogP contribution is 2.68. The number of phosphoric ester groups is 2. The highest BCUT2D eigenvalue weighted by atomic mass is 31.3. The Kier molecular flexibility index (Phi) is 14.6. The second-order valence-electron chi connectivity index (χ2n) is 16.5. The molecule has 3 aliphatic heterocycles. The molecule has 15 N–H and O–H groups in total. The van der Waals surface area contributed by atoms with Gasteiger partial charge in [-0.2, -0.15) is 9.29 Å². The molecule has 0 saturated carbocycles. The van der Waals surface area contributed by atoms with Gasteiger partial charge in [-0.3, -0.25) is 51.4 Å². The van der Waals surface area contributed by atoms with Gasteiger partial charge < -0.3 is 71.0 Å². The number of alkyl halides is 1. The minimum Gasteiger partial charge on any atom is -0.387 e. The number of nitrogen functional groups attached to an aromatic ring is 3. The van der Waals surface area contributed by atoms with Gasteiger partial charge in [-0.05, 0) is 6.08 Å². The Morgan fingerprint density at radius 2 is 1.41 bits per heavy atom. The summed E-state index contributed by atoms with van der Waals surface area (Å²) in [6, 6.07) is 0. The largest absolute Gasteiger partial charge is 0.488 e. The Bertz CT molecular complexity index is 3520. The highest BCUT2D eigenvalue weighted by molar-refractivity contribution is 7.69. The molecule has 9 rings (SSSR count). The molecule has 0 spiro atoms. The quantitative estimate of drug-likeness (QED) is 0.0299. The van der Waals surface area contributed by atoms with Gasteiger partial charge in [0.05, 0.1) is 32.9 Å². The molecule has 6 aromatic heterocycles. The van der Waals surface area contributed by atoms with Gasteiger partial charge in [0.25, 0.3) is 17.1 Å². The number of aromatic amines is 2. The fraction of sp³-hybridized carbons (Fsp3) is 0.485. The number of nitrogens with two attached hydrogens (primary N) is 3. The number of halogens is 1. The summed E-state index contributed by atoms with van der Waals surface area (Å²) in [5.41, 5.74) is 15.2. The van der Waals surface area contributed by atoms with Crippen molar-refractivity contribution in [2.45, 2.75) is 73.7 Å². The van der Waals surface area contributed by atoms with Crippen LogP contribution in [0.5, 0.6) is 0 Å². The van der Waals surface area contributed by atoms with Crippen LogP contribution >= 0.6 is 31.1 Å². The first-order valence-corrected chi connectivity index (χ1v) is 27.3. The van der Waals surface area contributed by atoms with E-state index >= 15 is 4.39 Å². The normalized spacial score (nSPS) is 30.6. The molecule has 42 heteroatoms. The lowest BCUT2D eigenvalue weighted by Crippen LogP contribution is -2.44. The van der Waals surface area contributed by atoms with Gasteiger partial charge in [0, 0.05) is 12.9 Å². The minimum atomic E-state index is -6.16. The Morgan fingerprint density at radius 3 is 2.13 bits per heavy atom. The molecule has 16 atom stereocenters.